The quantitative estimate of drug-likeness (QED) is 0.747. The lowest BCUT2D eigenvalue weighted by Crippen LogP contribution is -2.43. The first-order chi connectivity index (χ1) is 10.8. The van der Waals surface area contributed by atoms with Crippen molar-refractivity contribution in [1.82, 2.24) is 19.7 Å². The summed E-state index contributed by atoms with van der Waals surface area (Å²) in [5, 5.41) is 3.37. The molecular formula is C16H18N6. The molecule has 0 spiro atoms. The van der Waals surface area contributed by atoms with Gasteiger partial charge in [-0.05, 0) is 12.1 Å². The maximum Gasteiger partial charge on any atom is 0.180 e. The van der Waals surface area contributed by atoms with Crippen molar-refractivity contribution in [2.75, 3.05) is 36.8 Å². The molecule has 1 saturated heterocycles. The molecule has 0 radical (unpaired) electrons. The number of hydrogen-bond donors (Lipinski definition) is 2. The zero-order chi connectivity index (χ0) is 14.9. The summed E-state index contributed by atoms with van der Waals surface area (Å²) in [6.07, 6.45) is 5.52. The largest absolute Gasteiger partial charge is 0.381 e. The standard InChI is InChI=1S/C16H18N6/c17-15-16-20-14(11-22(16)10-7-19-15)12-1-3-13(4-2-12)21-8-5-18-6-9-21/h1-4,7,10-11,18H,5-6,8-9H2,(H2,17,19). The minimum atomic E-state index is 0.450. The lowest BCUT2D eigenvalue weighted by Gasteiger charge is -2.29. The van der Waals surface area contributed by atoms with Gasteiger partial charge in [-0.25, -0.2) is 9.97 Å². The smallest absolute Gasteiger partial charge is 0.180 e. The average Bonchev–Trinajstić information content (AvgIpc) is 3.02. The number of hydrogen-bond acceptors (Lipinski definition) is 5. The molecule has 0 atom stereocenters. The molecule has 3 N–H and O–H groups in total. The highest BCUT2D eigenvalue weighted by atomic mass is 15.2. The van der Waals surface area contributed by atoms with Crippen LogP contribution in [0, 0.1) is 0 Å². The highest BCUT2D eigenvalue weighted by molar-refractivity contribution is 5.69. The first-order valence-electron chi connectivity index (χ1n) is 7.46. The van der Waals surface area contributed by atoms with E-state index in [1.807, 2.05) is 16.8 Å². The van der Waals surface area contributed by atoms with E-state index in [1.165, 1.54) is 5.69 Å². The number of rotatable bonds is 2. The Balaban J connectivity index is 1.65. The molecule has 0 saturated carbocycles. The Bertz CT molecular complexity index is 786. The minimum Gasteiger partial charge on any atom is -0.381 e. The molecule has 3 heterocycles. The van der Waals surface area contributed by atoms with Gasteiger partial charge in [0, 0.05) is 56.0 Å². The molecule has 0 aliphatic carbocycles. The zero-order valence-electron chi connectivity index (χ0n) is 12.2. The fourth-order valence-corrected chi connectivity index (χ4v) is 2.85. The van der Waals surface area contributed by atoms with Crippen molar-refractivity contribution < 1.29 is 0 Å². The molecule has 0 amide bonds. The van der Waals surface area contributed by atoms with Crippen LogP contribution in [0.2, 0.25) is 0 Å². The average molecular weight is 294 g/mol. The van der Waals surface area contributed by atoms with E-state index < -0.39 is 0 Å². The van der Waals surface area contributed by atoms with E-state index in [9.17, 15) is 0 Å². The molecule has 4 rings (SSSR count). The van der Waals surface area contributed by atoms with Crippen LogP contribution in [0.15, 0.2) is 42.9 Å². The molecule has 2 aromatic heterocycles. The third-order valence-corrected chi connectivity index (χ3v) is 4.05. The number of anilines is 2. The molecule has 1 aromatic carbocycles. The Kier molecular flexibility index (Phi) is 3.16. The Labute approximate surface area is 128 Å². The monoisotopic (exact) mass is 294 g/mol. The number of imidazole rings is 1. The predicted molar refractivity (Wildman–Crippen MR) is 87.9 cm³/mol. The molecular weight excluding hydrogens is 276 g/mol. The van der Waals surface area contributed by atoms with Gasteiger partial charge in [-0.2, -0.15) is 0 Å². The third-order valence-electron chi connectivity index (χ3n) is 4.05. The second-order valence-electron chi connectivity index (χ2n) is 5.45. The highest BCUT2D eigenvalue weighted by Crippen LogP contribution is 2.24. The normalized spacial score (nSPS) is 15.4. The summed E-state index contributed by atoms with van der Waals surface area (Å²) in [6, 6.07) is 8.55. The second kappa shape index (κ2) is 5.31. The van der Waals surface area contributed by atoms with Crippen molar-refractivity contribution in [2.24, 2.45) is 0 Å². The number of nitrogens with one attached hydrogen (secondary N) is 1. The molecule has 6 heteroatoms. The Morgan fingerprint density at radius 1 is 1.09 bits per heavy atom. The van der Waals surface area contributed by atoms with Crippen molar-refractivity contribution >= 4 is 17.2 Å². The SMILES string of the molecule is Nc1nccn2cc(-c3ccc(N4CCNCC4)cc3)nc12. The van der Waals surface area contributed by atoms with Gasteiger partial charge in [-0.3, -0.25) is 0 Å². The third kappa shape index (κ3) is 2.27. The molecule has 6 nitrogen and oxygen atoms in total. The summed E-state index contributed by atoms with van der Waals surface area (Å²) in [6.45, 7) is 4.19. The summed E-state index contributed by atoms with van der Waals surface area (Å²) in [7, 11) is 0. The number of benzene rings is 1. The van der Waals surface area contributed by atoms with Crippen LogP contribution in [0.4, 0.5) is 11.5 Å². The summed E-state index contributed by atoms with van der Waals surface area (Å²) in [5.41, 5.74) is 9.81. The van der Waals surface area contributed by atoms with E-state index in [4.69, 9.17) is 5.73 Å². The molecule has 1 aliphatic rings. The van der Waals surface area contributed by atoms with Crippen molar-refractivity contribution in [2.45, 2.75) is 0 Å². The topological polar surface area (TPSA) is 71.5 Å². The van der Waals surface area contributed by atoms with Crippen LogP contribution in [0.3, 0.4) is 0 Å². The number of piperazine rings is 1. The first kappa shape index (κ1) is 13.1. The molecule has 0 bridgehead atoms. The van der Waals surface area contributed by atoms with Gasteiger partial charge in [-0.15, -0.1) is 0 Å². The van der Waals surface area contributed by atoms with E-state index in [2.05, 4.69) is 44.5 Å². The van der Waals surface area contributed by atoms with Crippen LogP contribution in [0.5, 0.6) is 0 Å². The van der Waals surface area contributed by atoms with Gasteiger partial charge in [0.25, 0.3) is 0 Å². The first-order valence-corrected chi connectivity index (χ1v) is 7.46. The summed E-state index contributed by atoms with van der Waals surface area (Å²) in [5.74, 6) is 0.450. The van der Waals surface area contributed by atoms with Crippen LogP contribution in [0.25, 0.3) is 16.9 Å². The van der Waals surface area contributed by atoms with Gasteiger partial charge < -0.3 is 20.4 Å². The molecule has 112 valence electrons. The number of fused-ring (bicyclic) bond motifs is 1. The van der Waals surface area contributed by atoms with Gasteiger partial charge in [0.15, 0.2) is 11.5 Å². The van der Waals surface area contributed by atoms with Crippen LogP contribution in [0.1, 0.15) is 0 Å². The molecule has 1 aliphatic heterocycles. The molecule has 0 unspecified atom stereocenters. The fourth-order valence-electron chi connectivity index (χ4n) is 2.85. The van der Waals surface area contributed by atoms with E-state index in [-0.39, 0.29) is 0 Å². The lowest BCUT2D eigenvalue weighted by atomic mass is 10.1. The number of aromatic nitrogens is 3. The molecule has 1 fully saturated rings. The van der Waals surface area contributed by atoms with E-state index >= 15 is 0 Å². The second-order valence-corrected chi connectivity index (χ2v) is 5.45. The Morgan fingerprint density at radius 2 is 1.86 bits per heavy atom. The minimum absolute atomic E-state index is 0.450. The summed E-state index contributed by atoms with van der Waals surface area (Å²) >= 11 is 0. The predicted octanol–water partition coefficient (Wildman–Crippen LogP) is 1.39. The van der Waals surface area contributed by atoms with Crippen LogP contribution in [-0.4, -0.2) is 40.5 Å². The van der Waals surface area contributed by atoms with Crippen LogP contribution >= 0.6 is 0 Å². The summed E-state index contributed by atoms with van der Waals surface area (Å²) < 4.78 is 1.90. The van der Waals surface area contributed by atoms with E-state index in [1.54, 1.807) is 6.20 Å². The maximum atomic E-state index is 5.86. The van der Waals surface area contributed by atoms with Crippen molar-refractivity contribution in [1.29, 1.82) is 0 Å². The van der Waals surface area contributed by atoms with Crippen molar-refractivity contribution in [3.8, 4) is 11.3 Å². The van der Waals surface area contributed by atoms with Crippen molar-refractivity contribution in [3.05, 3.63) is 42.9 Å². The maximum absolute atomic E-state index is 5.86. The zero-order valence-corrected chi connectivity index (χ0v) is 12.2. The van der Waals surface area contributed by atoms with Gasteiger partial charge in [-0.1, -0.05) is 12.1 Å². The molecule has 22 heavy (non-hydrogen) atoms. The van der Waals surface area contributed by atoms with Gasteiger partial charge in [0.2, 0.25) is 0 Å². The number of nitrogens with zero attached hydrogens (tertiary/aromatic N) is 4. The molecule has 3 aromatic rings. The van der Waals surface area contributed by atoms with Gasteiger partial charge in [0.05, 0.1) is 5.69 Å². The summed E-state index contributed by atoms with van der Waals surface area (Å²) in [4.78, 5) is 11.0. The lowest BCUT2D eigenvalue weighted by molar-refractivity contribution is 0.589. The fraction of sp³-hybridized carbons (Fsp3) is 0.250. The van der Waals surface area contributed by atoms with Crippen molar-refractivity contribution in [3.63, 3.8) is 0 Å². The Morgan fingerprint density at radius 3 is 2.59 bits per heavy atom. The highest BCUT2D eigenvalue weighted by Gasteiger charge is 2.11. The van der Waals surface area contributed by atoms with Gasteiger partial charge in [0.1, 0.15) is 0 Å². The number of nitrogen functional groups attached to an aromatic ring is 1. The Hall–Kier alpha value is -2.60. The number of nitrogens with two attached hydrogens (primary N) is 1. The van der Waals surface area contributed by atoms with E-state index in [0.717, 1.165) is 37.4 Å². The van der Waals surface area contributed by atoms with Crippen LogP contribution < -0.4 is 16.0 Å². The van der Waals surface area contributed by atoms with Crippen LogP contribution in [-0.2, 0) is 0 Å². The van der Waals surface area contributed by atoms with Gasteiger partial charge >= 0.3 is 0 Å². The van der Waals surface area contributed by atoms with E-state index in [0.29, 0.717) is 11.5 Å².